The van der Waals surface area contributed by atoms with Crippen molar-refractivity contribution in [3.63, 3.8) is 0 Å². The van der Waals surface area contributed by atoms with E-state index >= 15 is 0 Å². The maximum absolute atomic E-state index is 12.2. The predicted molar refractivity (Wildman–Crippen MR) is 112 cm³/mol. The fourth-order valence-corrected chi connectivity index (χ4v) is 3.81. The smallest absolute Gasteiger partial charge is 0.407 e. The van der Waals surface area contributed by atoms with Gasteiger partial charge in [0.1, 0.15) is 18.8 Å². The van der Waals surface area contributed by atoms with Crippen LogP contribution >= 0.6 is 0 Å². The Kier molecular flexibility index (Phi) is 5.70. The molecule has 2 atom stereocenters. The number of benzene rings is 2. The number of amides is 1. The number of aliphatic hydroxyl groups excluding tert-OH is 2. The summed E-state index contributed by atoms with van der Waals surface area (Å²) in [5.41, 5.74) is 2.67. The van der Waals surface area contributed by atoms with Crippen LogP contribution in [0.1, 0.15) is 28.7 Å². The number of hydrogen-bond donors (Lipinski definition) is 5. The van der Waals surface area contributed by atoms with Gasteiger partial charge in [0.15, 0.2) is 0 Å². The minimum atomic E-state index is -1.65. The molecule has 0 radical (unpaired) electrons. The van der Waals surface area contributed by atoms with Gasteiger partial charge in [-0.15, -0.1) is 0 Å². The lowest BCUT2D eigenvalue weighted by atomic mass is 9.98. The molecule has 0 spiro atoms. The lowest BCUT2D eigenvalue weighted by molar-refractivity contribution is 0.0176. The molecule has 1 heterocycles. The molecule has 5 N–H and O–H groups in total. The average Bonchev–Trinajstić information content (AvgIpc) is 3.11. The molecule has 0 saturated heterocycles. The fraction of sp³-hybridized carbons (Fsp3) is 0.227. The SMILES string of the molecule is O=C(NCC(O)C(O)c1cc(=O)[nH][nH]c1=O)OCC1c2ccccc2-c2ccccc21. The van der Waals surface area contributed by atoms with E-state index in [0.29, 0.717) is 0 Å². The van der Waals surface area contributed by atoms with Crippen molar-refractivity contribution < 1.29 is 19.7 Å². The van der Waals surface area contributed by atoms with Crippen LogP contribution in [0.2, 0.25) is 0 Å². The summed E-state index contributed by atoms with van der Waals surface area (Å²) in [6.45, 7) is -0.268. The number of fused-ring (bicyclic) bond motifs is 3. The molecule has 0 saturated carbocycles. The van der Waals surface area contributed by atoms with E-state index in [2.05, 4.69) is 15.5 Å². The highest BCUT2D eigenvalue weighted by molar-refractivity contribution is 5.79. The van der Waals surface area contributed by atoms with E-state index in [-0.39, 0.29) is 24.6 Å². The highest BCUT2D eigenvalue weighted by atomic mass is 16.5. The number of nitrogens with one attached hydrogen (secondary N) is 3. The molecule has 0 bridgehead atoms. The summed E-state index contributed by atoms with van der Waals surface area (Å²) in [6, 6.07) is 16.7. The predicted octanol–water partition coefficient (Wildman–Crippen LogP) is 0.996. The van der Waals surface area contributed by atoms with E-state index in [0.717, 1.165) is 28.3 Å². The molecule has 0 fully saturated rings. The van der Waals surface area contributed by atoms with E-state index in [1.807, 2.05) is 48.5 Å². The Morgan fingerprint density at radius 2 is 1.61 bits per heavy atom. The molecule has 9 nitrogen and oxygen atoms in total. The van der Waals surface area contributed by atoms with Crippen molar-refractivity contribution in [3.05, 3.63) is 92.0 Å². The van der Waals surface area contributed by atoms with E-state index in [1.165, 1.54) is 0 Å². The number of aromatic amines is 2. The summed E-state index contributed by atoms with van der Waals surface area (Å²) in [5, 5.41) is 26.7. The molecule has 2 aromatic carbocycles. The molecule has 31 heavy (non-hydrogen) atoms. The van der Waals surface area contributed by atoms with E-state index < -0.39 is 29.4 Å². The van der Waals surface area contributed by atoms with Crippen LogP contribution in [0.5, 0.6) is 0 Å². The van der Waals surface area contributed by atoms with Gasteiger partial charge in [0.25, 0.3) is 11.1 Å². The Morgan fingerprint density at radius 1 is 1.00 bits per heavy atom. The van der Waals surface area contributed by atoms with Gasteiger partial charge >= 0.3 is 6.09 Å². The topological polar surface area (TPSA) is 145 Å². The number of aromatic nitrogens is 2. The number of carbonyl (C=O) groups is 1. The molecule has 1 aliphatic rings. The van der Waals surface area contributed by atoms with E-state index in [1.54, 1.807) is 0 Å². The third-order valence-electron chi connectivity index (χ3n) is 5.33. The number of ether oxygens (including phenoxy) is 1. The molecule has 3 aromatic rings. The summed E-state index contributed by atoms with van der Waals surface area (Å²) >= 11 is 0. The van der Waals surface area contributed by atoms with Crippen molar-refractivity contribution in [2.75, 3.05) is 13.2 Å². The van der Waals surface area contributed by atoms with E-state index in [4.69, 9.17) is 4.74 Å². The average molecular weight is 423 g/mol. The Bertz CT molecular complexity index is 1170. The van der Waals surface area contributed by atoms with Gasteiger partial charge in [0, 0.05) is 18.5 Å². The standard InChI is InChI=1S/C22H21N3O6/c26-18(20(28)16-9-19(27)24-25-21(16)29)10-23-22(30)31-11-17-14-7-3-1-5-12(14)13-6-2-4-8-15(13)17/h1-9,17-18,20,26,28H,10-11H2,(H,23,30)(H,24,27)(H,25,29). The normalized spacial score (nSPS) is 14.4. The van der Waals surface area contributed by atoms with Crippen LogP contribution in [0.15, 0.2) is 64.2 Å². The van der Waals surface area contributed by atoms with Crippen LogP contribution in [0, 0.1) is 0 Å². The number of rotatable bonds is 6. The lowest BCUT2D eigenvalue weighted by Gasteiger charge is -2.18. The summed E-state index contributed by atoms with van der Waals surface area (Å²) in [5.74, 6) is -0.108. The monoisotopic (exact) mass is 423 g/mol. The summed E-state index contributed by atoms with van der Waals surface area (Å²) < 4.78 is 5.35. The summed E-state index contributed by atoms with van der Waals surface area (Å²) in [4.78, 5) is 35.2. The molecule has 1 aliphatic carbocycles. The molecule has 0 aliphatic heterocycles. The largest absolute Gasteiger partial charge is 0.449 e. The molecule has 2 unspecified atom stereocenters. The minimum Gasteiger partial charge on any atom is -0.449 e. The first-order valence-electron chi connectivity index (χ1n) is 9.72. The van der Waals surface area contributed by atoms with Gasteiger partial charge in [-0.2, -0.15) is 0 Å². The van der Waals surface area contributed by atoms with Gasteiger partial charge in [0.2, 0.25) is 0 Å². The van der Waals surface area contributed by atoms with Crippen LogP contribution in [0.3, 0.4) is 0 Å². The zero-order valence-corrected chi connectivity index (χ0v) is 16.4. The highest BCUT2D eigenvalue weighted by Gasteiger charge is 2.29. The molecule has 9 heteroatoms. The Balaban J connectivity index is 1.36. The van der Waals surface area contributed by atoms with Crippen molar-refractivity contribution >= 4 is 6.09 Å². The third-order valence-corrected chi connectivity index (χ3v) is 5.33. The van der Waals surface area contributed by atoms with Gasteiger partial charge in [-0.25, -0.2) is 4.79 Å². The minimum absolute atomic E-state index is 0.103. The maximum atomic E-state index is 12.2. The van der Waals surface area contributed by atoms with Crippen molar-refractivity contribution in [3.8, 4) is 11.1 Å². The van der Waals surface area contributed by atoms with Crippen molar-refractivity contribution in [2.45, 2.75) is 18.1 Å². The van der Waals surface area contributed by atoms with Gasteiger partial charge in [-0.05, 0) is 22.3 Å². The second-order valence-corrected chi connectivity index (χ2v) is 7.26. The first-order valence-corrected chi connectivity index (χ1v) is 9.72. The van der Waals surface area contributed by atoms with Crippen LogP contribution in [0.25, 0.3) is 11.1 Å². The quantitative estimate of drug-likeness (QED) is 0.400. The number of carbonyl (C=O) groups excluding carboxylic acids is 1. The van der Waals surface area contributed by atoms with Crippen LogP contribution in [-0.4, -0.2) is 45.8 Å². The summed E-state index contributed by atoms with van der Waals surface area (Å²) in [7, 11) is 0. The fourth-order valence-electron chi connectivity index (χ4n) is 3.81. The third kappa shape index (κ3) is 4.14. The molecular weight excluding hydrogens is 402 g/mol. The van der Waals surface area contributed by atoms with Crippen molar-refractivity contribution in [2.24, 2.45) is 0 Å². The van der Waals surface area contributed by atoms with Gasteiger partial charge in [-0.1, -0.05) is 48.5 Å². The molecule has 160 valence electrons. The van der Waals surface area contributed by atoms with Gasteiger partial charge in [-0.3, -0.25) is 19.8 Å². The summed E-state index contributed by atoms with van der Waals surface area (Å²) in [6.07, 6.45) is -3.93. The van der Waals surface area contributed by atoms with Crippen LogP contribution in [-0.2, 0) is 4.74 Å². The first-order chi connectivity index (χ1) is 15.0. The number of H-pyrrole nitrogens is 2. The van der Waals surface area contributed by atoms with Crippen LogP contribution in [0.4, 0.5) is 4.79 Å². The molecule has 1 aromatic heterocycles. The number of aliphatic hydroxyl groups is 2. The van der Waals surface area contributed by atoms with E-state index in [9.17, 15) is 24.6 Å². The molecule has 4 rings (SSSR count). The second-order valence-electron chi connectivity index (χ2n) is 7.26. The molecular formula is C22H21N3O6. The number of hydrogen-bond acceptors (Lipinski definition) is 6. The first kappa shape index (κ1) is 20.6. The Labute approximate surface area is 176 Å². The van der Waals surface area contributed by atoms with Crippen molar-refractivity contribution in [1.29, 1.82) is 0 Å². The maximum Gasteiger partial charge on any atom is 0.407 e. The molecule has 1 amide bonds. The zero-order valence-electron chi connectivity index (χ0n) is 16.4. The van der Waals surface area contributed by atoms with Crippen LogP contribution < -0.4 is 16.4 Å². The number of alkyl carbamates (subject to hydrolysis) is 1. The zero-order chi connectivity index (χ0) is 22.0. The van der Waals surface area contributed by atoms with Gasteiger partial charge in [0.05, 0.1) is 5.56 Å². The van der Waals surface area contributed by atoms with Crippen molar-refractivity contribution in [1.82, 2.24) is 15.5 Å². The highest BCUT2D eigenvalue weighted by Crippen LogP contribution is 2.44. The van der Waals surface area contributed by atoms with Gasteiger partial charge < -0.3 is 20.3 Å². The lowest BCUT2D eigenvalue weighted by Crippen LogP contribution is -2.38. The Morgan fingerprint density at radius 3 is 2.26 bits per heavy atom. The second kappa shape index (κ2) is 8.58. The Hall–Kier alpha value is -3.69.